The molecule has 0 saturated heterocycles. The van der Waals surface area contributed by atoms with E-state index in [0.717, 1.165) is 0 Å². The highest BCUT2D eigenvalue weighted by Gasteiger charge is 2.27. The molecule has 0 amide bonds. The minimum Gasteiger partial charge on any atom is -0.443 e. The van der Waals surface area contributed by atoms with Gasteiger partial charge in [-0.3, -0.25) is 0 Å². The molecule has 1 aliphatic heterocycles. The lowest BCUT2D eigenvalue weighted by Gasteiger charge is -2.19. The number of hydrogen-bond donors (Lipinski definition) is 0. The van der Waals surface area contributed by atoms with E-state index in [9.17, 15) is 9.18 Å². The van der Waals surface area contributed by atoms with Crippen LogP contribution in [0.1, 0.15) is 15.9 Å². The van der Waals surface area contributed by atoms with Crippen molar-refractivity contribution in [3.05, 3.63) is 33.5 Å². The molecule has 1 aliphatic rings. The van der Waals surface area contributed by atoms with Crippen LogP contribution in [0, 0.1) is 17.1 Å². The van der Waals surface area contributed by atoms with E-state index in [0.29, 0.717) is 11.1 Å². The number of nitrogens with zero attached hydrogens (tertiary/aromatic N) is 1. The summed E-state index contributed by atoms with van der Waals surface area (Å²) in [7, 11) is 0. The van der Waals surface area contributed by atoms with Crippen molar-refractivity contribution in [1.82, 2.24) is 0 Å². The highest BCUT2D eigenvalue weighted by atomic mass is 79.9. The second kappa shape index (κ2) is 3.63. The van der Waals surface area contributed by atoms with Crippen LogP contribution in [-0.4, -0.2) is 12.1 Å². The molecule has 0 aromatic heterocycles. The summed E-state index contributed by atoms with van der Waals surface area (Å²) >= 11 is 2.99. The Balaban J connectivity index is 2.52. The Morgan fingerprint density at radius 2 is 2.33 bits per heavy atom. The number of nitriles is 1. The molecular weight excluding hydrogens is 265 g/mol. The minimum absolute atomic E-state index is 0.216. The summed E-state index contributed by atoms with van der Waals surface area (Å²) in [6.45, 7) is 0. The topological polar surface area (TPSA) is 50.1 Å². The molecular formula is C10H5BrFNO2. The third-order valence-corrected chi connectivity index (χ3v) is 2.77. The fraction of sp³-hybridized carbons (Fsp3) is 0.200. The molecule has 2 rings (SSSR count). The second-order valence-corrected chi connectivity index (χ2v) is 4.00. The highest BCUT2D eigenvalue weighted by molar-refractivity contribution is 9.10. The first-order valence-electron chi connectivity index (χ1n) is 4.20. The Morgan fingerprint density at radius 1 is 1.60 bits per heavy atom. The van der Waals surface area contributed by atoms with Gasteiger partial charge in [-0.1, -0.05) is 0 Å². The van der Waals surface area contributed by atoms with E-state index in [1.54, 1.807) is 0 Å². The van der Waals surface area contributed by atoms with Crippen molar-refractivity contribution in [2.24, 2.45) is 0 Å². The summed E-state index contributed by atoms with van der Waals surface area (Å²) < 4.78 is 18.2. The number of carbonyl (C=O) groups is 1. The first kappa shape index (κ1) is 10.1. The largest absolute Gasteiger partial charge is 0.443 e. The Hall–Kier alpha value is -1.41. The van der Waals surface area contributed by atoms with Crippen LogP contribution in [0.4, 0.5) is 4.39 Å². The molecule has 0 bridgehead atoms. The minimum atomic E-state index is -0.814. The van der Waals surface area contributed by atoms with Gasteiger partial charge >= 0.3 is 5.97 Å². The van der Waals surface area contributed by atoms with Gasteiger partial charge in [0.25, 0.3) is 0 Å². The molecule has 1 unspecified atom stereocenters. The number of hydrogen-bond acceptors (Lipinski definition) is 3. The van der Waals surface area contributed by atoms with Gasteiger partial charge in [0, 0.05) is 6.42 Å². The lowest BCUT2D eigenvalue weighted by atomic mass is 9.99. The molecule has 0 N–H and O–H groups in total. The molecule has 0 aliphatic carbocycles. The lowest BCUT2D eigenvalue weighted by Crippen LogP contribution is -2.26. The van der Waals surface area contributed by atoms with Gasteiger partial charge in [-0.05, 0) is 33.6 Å². The molecule has 1 heterocycles. The number of esters is 1. The summed E-state index contributed by atoms with van der Waals surface area (Å²) in [5.74, 6) is -1.02. The third-order valence-electron chi connectivity index (χ3n) is 2.16. The first-order chi connectivity index (χ1) is 7.11. The zero-order valence-corrected chi connectivity index (χ0v) is 9.04. The van der Waals surface area contributed by atoms with Crippen LogP contribution >= 0.6 is 15.9 Å². The second-order valence-electron chi connectivity index (χ2n) is 3.15. The molecule has 1 aromatic rings. The van der Waals surface area contributed by atoms with Gasteiger partial charge in [0.1, 0.15) is 11.9 Å². The maximum absolute atomic E-state index is 13.2. The molecule has 1 aromatic carbocycles. The van der Waals surface area contributed by atoms with E-state index in [4.69, 9.17) is 10.00 Å². The van der Waals surface area contributed by atoms with Crippen LogP contribution in [0.25, 0.3) is 0 Å². The quantitative estimate of drug-likeness (QED) is 0.679. The molecule has 76 valence electrons. The first-order valence-corrected chi connectivity index (χ1v) is 4.99. The summed E-state index contributed by atoms with van der Waals surface area (Å²) in [5, 5.41) is 8.63. The Kier molecular flexibility index (Phi) is 2.45. The number of ether oxygens (including phenoxy) is 1. The van der Waals surface area contributed by atoms with Gasteiger partial charge in [-0.2, -0.15) is 5.26 Å². The summed E-state index contributed by atoms with van der Waals surface area (Å²) in [6.07, 6.45) is -0.576. The van der Waals surface area contributed by atoms with Gasteiger partial charge in [0.15, 0.2) is 6.10 Å². The Morgan fingerprint density at radius 3 is 3.00 bits per heavy atom. The smallest absolute Gasteiger partial charge is 0.339 e. The van der Waals surface area contributed by atoms with E-state index >= 15 is 0 Å². The van der Waals surface area contributed by atoms with Crippen LogP contribution in [-0.2, 0) is 11.2 Å². The van der Waals surface area contributed by atoms with Crippen molar-refractivity contribution < 1.29 is 13.9 Å². The summed E-state index contributed by atoms with van der Waals surface area (Å²) in [5.41, 5.74) is 0.827. The fourth-order valence-electron chi connectivity index (χ4n) is 1.45. The SMILES string of the molecule is N#CC1Cc2cc(F)c(Br)cc2C(=O)O1. The van der Waals surface area contributed by atoms with Gasteiger partial charge in [-0.25, -0.2) is 9.18 Å². The number of rotatable bonds is 0. The van der Waals surface area contributed by atoms with E-state index in [1.165, 1.54) is 12.1 Å². The van der Waals surface area contributed by atoms with Crippen LogP contribution in [0.2, 0.25) is 0 Å². The monoisotopic (exact) mass is 269 g/mol. The zero-order chi connectivity index (χ0) is 11.0. The predicted octanol–water partition coefficient (Wildman–Crippen LogP) is 2.19. The van der Waals surface area contributed by atoms with Crippen LogP contribution in [0.5, 0.6) is 0 Å². The molecule has 0 radical (unpaired) electrons. The van der Waals surface area contributed by atoms with E-state index in [2.05, 4.69) is 15.9 Å². The molecule has 0 fully saturated rings. The Bertz CT molecular complexity index is 481. The van der Waals surface area contributed by atoms with E-state index < -0.39 is 17.9 Å². The predicted molar refractivity (Wildman–Crippen MR) is 52.6 cm³/mol. The number of halogens is 2. The molecule has 0 spiro atoms. The number of cyclic esters (lactones) is 1. The van der Waals surface area contributed by atoms with Crippen molar-refractivity contribution in [1.29, 1.82) is 5.26 Å². The average Bonchev–Trinajstić information content (AvgIpc) is 2.21. The highest BCUT2D eigenvalue weighted by Crippen LogP contribution is 2.26. The standard InChI is InChI=1S/C10H5BrFNO2/c11-8-3-7-5(2-9(8)12)1-6(4-13)15-10(7)14/h2-3,6H,1H2. The van der Waals surface area contributed by atoms with Gasteiger partial charge in [0.2, 0.25) is 0 Å². The number of fused-ring (bicyclic) bond motifs is 1. The van der Waals surface area contributed by atoms with Crippen molar-refractivity contribution in [2.75, 3.05) is 0 Å². The van der Waals surface area contributed by atoms with Crippen molar-refractivity contribution in [3.8, 4) is 6.07 Å². The molecule has 3 nitrogen and oxygen atoms in total. The Labute approximate surface area is 93.6 Å². The van der Waals surface area contributed by atoms with Crippen molar-refractivity contribution >= 4 is 21.9 Å². The number of carbonyl (C=O) groups excluding carboxylic acids is 1. The summed E-state index contributed by atoms with van der Waals surface area (Å²) in [4.78, 5) is 11.4. The molecule has 15 heavy (non-hydrogen) atoms. The maximum atomic E-state index is 13.2. The van der Waals surface area contributed by atoms with Gasteiger partial charge in [0.05, 0.1) is 10.0 Å². The van der Waals surface area contributed by atoms with Crippen molar-refractivity contribution in [3.63, 3.8) is 0 Å². The fourth-order valence-corrected chi connectivity index (χ4v) is 1.80. The van der Waals surface area contributed by atoms with Crippen molar-refractivity contribution in [2.45, 2.75) is 12.5 Å². The van der Waals surface area contributed by atoms with Crippen LogP contribution in [0.15, 0.2) is 16.6 Å². The third kappa shape index (κ3) is 1.73. The number of benzene rings is 1. The van der Waals surface area contributed by atoms with Crippen LogP contribution in [0.3, 0.4) is 0 Å². The van der Waals surface area contributed by atoms with Gasteiger partial charge in [-0.15, -0.1) is 0 Å². The normalized spacial score (nSPS) is 19.0. The van der Waals surface area contributed by atoms with Crippen LogP contribution < -0.4 is 0 Å². The average molecular weight is 270 g/mol. The zero-order valence-electron chi connectivity index (χ0n) is 7.46. The van der Waals surface area contributed by atoms with E-state index in [1.807, 2.05) is 6.07 Å². The maximum Gasteiger partial charge on any atom is 0.339 e. The molecule has 5 heteroatoms. The van der Waals surface area contributed by atoms with E-state index in [-0.39, 0.29) is 10.9 Å². The molecule has 1 atom stereocenters. The molecule has 0 saturated carbocycles. The lowest BCUT2D eigenvalue weighted by molar-refractivity contribution is 0.0370. The summed E-state index contributed by atoms with van der Waals surface area (Å²) in [6, 6.07) is 4.46. The van der Waals surface area contributed by atoms with Gasteiger partial charge < -0.3 is 4.74 Å².